The number of nitrogen functional groups attached to an aromatic ring is 1. The average Bonchev–Trinajstić information content (AvgIpc) is 2.89. The van der Waals surface area contributed by atoms with Gasteiger partial charge in [-0.3, -0.25) is 0 Å². The summed E-state index contributed by atoms with van der Waals surface area (Å²) in [5.41, 5.74) is 7.41. The summed E-state index contributed by atoms with van der Waals surface area (Å²) in [4.78, 5) is 5.38. The van der Waals surface area contributed by atoms with Crippen molar-refractivity contribution >= 4 is 16.5 Å². The summed E-state index contributed by atoms with van der Waals surface area (Å²) in [7, 11) is 1.59. The van der Waals surface area contributed by atoms with Crippen molar-refractivity contribution in [3.05, 3.63) is 40.2 Å². The zero-order valence-electron chi connectivity index (χ0n) is 9.94. The van der Waals surface area contributed by atoms with Gasteiger partial charge in [0.2, 0.25) is 0 Å². The lowest BCUT2D eigenvalue weighted by atomic mass is 9.97. The van der Waals surface area contributed by atoms with E-state index in [0.29, 0.717) is 16.4 Å². The molecule has 3 nitrogen and oxygen atoms in total. The predicted molar refractivity (Wildman–Crippen MR) is 69.6 cm³/mol. The van der Waals surface area contributed by atoms with Crippen molar-refractivity contribution in [3.8, 4) is 5.75 Å². The van der Waals surface area contributed by atoms with E-state index in [4.69, 9.17) is 10.5 Å². The summed E-state index contributed by atoms with van der Waals surface area (Å²) in [6.07, 6.45) is 1.75. The highest BCUT2D eigenvalue weighted by molar-refractivity contribution is 7.15. The number of aryl methyl sites for hydroxylation is 1. The van der Waals surface area contributed by atoms with Gasteiger partial charge in [-0.25, -0.2) is 9.37 Å². The number of fused-ring (bicyclic) bond motifs is 1. The van der Waals surface area contributed by atoms with E-state index in [1.165, 1.54) is 17.4 Å². The molecule has 1 heterocycles. The van der Waals surface area contributed by atoms with Crippen LogP contribution in [0, 0.1) is 5.82 Å². The standard InChI is InChI=1S/C13H13FN2OS/c1-17-7-2-4-10(14)9(6-7)8-3-5-11-12(8)18-13(15)16-11/h2,4,6,8H,3,5H2,1H3,(H2,15,16). The highest BCUT2D eigenvalue weighted by Gasteiger charge is 2.30. The number of aromatic nitrogens is 1. The Hall–Kier alpha value is -1.62. The molecule has 1 aliphatic carbocycles. The van der Waals surface area contributed by atoms with Gasteiger partial charge in [0.1, 0.15) is 11.6 Å². The molecular weight excluding hydrogens is 251 g/mol. The fourth-order valence-electron chi connectivity index (χ4n) is 2.46. The Bertz CT molecular complexity index is 597. The molecular formula is C13H13FN2OS. The van der Waals surface area contributed by atoms with Crippen molar-refractivity contribution in [1.29, 1.82) is 0 Å². The fourth-order valence-corrected chi connectivity index (χ4v) is 3.49. The summed E-state index contributed by atoms with van der Waals surface area (Å²) in [6.45, 7) is 0. The van der Waals surface area contributed by atoms with Crippen LogP contribution in [0.4, 0.5) is 9.52 Å². The number of ether oxygens (including phenoxy) is 1. The van der Waals surface area contributed by atoms with Crippen molar-refractivity contribution in [2.45, 2.75) is 18.8 Å². The van der Waals surface area contributed by atoms with Crippen LogP contribution in [-0.2, 0) is 6.42 Å². The Balaban J connectivity index is 2.06. The highest BCUT2D eigenvalue weighted by atomic mass is 32.1. The summed E-state index contributed by atoms with van der Waals surface area (Å²) in [6, 6.07) is 4.86. The molecule has 0 bridgehead atoms. The van der Waals surface area contributed by atoms with Crippen LogP contribution >= 0.6 is 11.3 Å². The van der Waals surface area contributed by atoms with Crippen molar-refractivity contribution in [2.24, 2.45) is 0 Å². The van der Waals surface area contributed by atoms with Gasteiger partial charge in [0.05, 0.1) is 12.8 Å². The van der Waals surface area contributed by atoms with Crippen LogP contribution in [0.5, 0.6) is 5.75 Å². The molecule has 1 atom stereocenters. The van der Waals surface area contributed by atoms with Gasteiger partial charge in [-0.1, -0.05) is 0 Å². The number of hydrogen-bond donors (Lipinski definition) is 1. The third-order valence-electron chi connectivity index (χ3n) is 3.31. The van der Waals surface area contributed by atoms with Crippen molar-refractivity contribution in [2.75, 3.05) is 12.8 Å². The largest absolute Gasteiger partial charge is 0.497 e. The molecule has 0 aliphatic heterocycles. The van der Waals surface area contributed by atoms with Crippen LogP contribution in [0.1, 0.15) is 28.5 Å². The minimum atomic E-state index is -0.194. The number of methoxy groups -OCH3 is 1. The second kappa shape index (κ2) is 4.24. The molecule has 2 N–H and O–H groups in total. The lowest BCUT2D eigenvalue weighted by Gasteiger charge is -2.12. The van der Waals surface area contributed by atoms with E-state index in [1.807, 2.05) is 0 Å². The molecule has 1 unspecified atom stereocenters. The monoisotopic (exact) mass is 264 g/mol. The molecule has 1 aromatic carbocycles. The molecule has 5 heteroatoms. The Kier molecular flexibility index (Phi) is 2.70. The first kappa shape index (κ1) is 11.5. The lowest BCUT2D eigenvalue weighted by molar-refractivity contribution is 0.412. The van der Waals surface area contributed by atoms with E-state index in [1.54, 1.807) is 19.2 Å². The number of anilines is 1. The van der Waals surface area contributed by atoms with E-state index in [2.05, 4.69) is 4.98 Å². The smallest absolute Gasteiger partial charge is 0.180 e. The molecule has 0 saturated heterocycles. The second-order valence-electron chi connectivity index (χ2n) is 4.34. The summed E-state index contributed by atoms with van der Waals surface area (Å²) in [5, 5.41) is 0.563. The van der Waals surface area contributed by atoms with Crippen LogP contribution in [-0.4, -0.2) is 12.1 Å². The third kappa shape index (κ3) is 1.75. The van der Waals surface area contributed by atoms with Gasteiger partial charge in [0.25, 0.3) is 0 Å². The van der Waals surface area contributed by atoms with Crippen LogP contribution in [0.25, 0.3) is 0 Å². The zero-order chi connectivity index (χ0) is 12.7. The van der Waals surface area contributed by atoms with Gasteiger partial charge in [-0.15, -0.1) is 11.3 Å². The molecule has 94 valence electrons. The van der Waals surface area contributed by atoms with Crippen LogP contribution in [0.3, 0.4) is 0 Å². The summed E-state index contributed by atoms with van der Waals surface area (Å²) < 4.78 is 19.1. The number of hydrogen-bond acceptors (Lipinski definition) is 4. The van der Waals surface area contributed by atoms with Gasteiger partial charge in [0, 0.05) is 10.8 Å². The van der Waals surface area contributed by atoms with E-state index in [-0.39, 0.29) is 11.7 Å². The number of thiazole rings is 1. The maximum absolute atomic E-state index is 14.0. The van der Waals surface area contributed by atoms with Gasteiger partial charge in [-0.2, -0.15) is 0 Å². The Morgan fingerprint density at radius 2 is 2.33 bits per heavy atom. The van der Waals surface area contributed by atoms with E-state index < -0.39 is 0 Å². The van der Waals surface area contributed by atoms with Gasteiger partial charge in [-0.05, 0) is 36.6 Å². The fraction of sp³-hybridized carbons (Fsp3) is 0.308. The number of nitrogens with zero attached hydrogens (tertiary/aromatic N) is 1. The van der Waals surface area contributed by atoms with Crippen molar-refractivity contribution in [1.82, 2.24) is 4.98 Å². The predicted octanol–water partition coefficient (Wildman–Crippen LogP) is 2.95. The normalized spacial score (nSPS) is 17.8. The first-order valence-electron chi connectivity index (χ1n) is 5.77. The van der Waals surface area contributed by atoms with Crippen LogP contribution in [0.2, 0.25) is 0 Å². The minimum absolute atomic E-state index is 0.0601. The van der Waals surface area contributed by atoms with E-state index >= 15 is 0 Å². The minimum Gasteiger partial charge on any atom is -0.497 e. The molecule has 0 spiro atoms. The number of nitrogens with two attached hydrogens (primary N) is 1. The van der Waals surface area contributed by atoms with E-state index in [9.17, 15) is 4.39 Å². The lowest BCUT2D eigenvalue weighted by Crippen LogP contribution is -1.99. The molecule has 0 fully saturated rings. The zero-order valence-corrected chi connectivity index (χ0v) is 10.8. The SMILES string of the molecule is COc1ccc(F)c(C2CCc3nc(N)sc32)c1. The summed E-state index contributed by atoms with van der Waals surface area (Å²) in [5.74, 6) is 0.544. The molecule has 18 heavy (non-hydrogen) atoms. The van der Waals surface area contributed by atoms with Gasteiger partial charge < -0.3 is 10.5 Å². The Labute approximate surface area is 108 Å². The molecule has 0 saturated carbocycles. The Morgan fingerprint density at radius 3 is 3.11 bits per heavy atom. The number of benzene rings is 1. The number of halogens is 1. The molecule has 0 amide bonds. The molecule has 1 aromatic heterocycles. The molecule has 0 radical (unpaired) electrons. The summed E-state index contributed by atoms with van der Waals surface area (Å²) >= 11 is 1.46. The second-order valence-corrected chi connectivity index (χ2v) is 5.40. The van der Waals surface area contributed by atoms with Gasteiger partial charge in [0.15, 0.2) is 5.13 Å². The quantitative estimate of drug-likeness (QED) is 0.907. The maximum Gasteiger partial charge on any atom is 0.180 e. The maximum atomic E-state index is 14.0. The third-order valence-corrected chi connectivity index (χ3v) is 4.35. The van der Waals surface area contributed by atoms with Gasteiger partial charge >= 0.3 is 0 Å². The average molecular weight is 264 g/mol. The molecule has 2 aromatic rings. The number of rotatable bonds is 2. The van der Waals surface area contributed by atoms with Crippen molar-refractivity contribution < 1.29 is 9.13 Å². The Morgan fingerprint density at radius 1 is 1.50 bits per heavy atom. The highest BCUT2D eigenvalue weighted by Crippen LogP contribution is 2.43. The molecule has 1 aliphatic rings. The topological polar surface area (TPSA) is 48.1 Å². The molecule has 3 rings (SSSR count). The van der Waals surface area contributed by atoms with Crippen LogP contribution < -0.4 is 10.5 Å². The van der Waals surface area contributed by atoms with E-state index in [0.717, 1.165) is 23.4 Å². The first-order valence-corrected chi connectivity index (χ1v) is 6.59. The van der Waals surface area contributed by atoms with Crippen LogP contribution in [0.15, 0.2) is 18.2 Å². The first-order chi connectivity index (χ1) is 8.69. The van der Waals surface area contributed by atoms with Crippen molar-refractivity contribution in [3.63, 3.8) is 0 Å².